The molecule has 7 amide bonds. The van der Waals surface area contributed by atoms with E-state index in [1.807, 2.05) is 43.9 Å². The number of carboxylic acid groups (broad SMARTS) is 1. The van der Waals surface area contributed by atoms with Crippen LogP contribution in [0.1, 0.15) is 161 Å². The zero-order valence-electron chi connectivity index (χ0n) is 59.6. The van der Waals surface area contributed by atoms with E-state index in [0.717, 1.165) is 61.5 Å². The molecule has 3 aromatic heterocycles. The fourth-order valence-electron chi connectivity index (χ4n) is 13.5. The van der Waals surface area contributed by atoms with E-state index in [0.29, 0.717) is 116 Å². The zero-order chi connectivity index (χ0) is 74.8. The van der Waals surface area contributed by atoms with Crippen LogP contribution in [-0.2, 0) is 61.7 Å². The van der Waals surface area contributed by atoms with Gasteiger partial charge in [-0.2, -0.15) is 9.59 Å². The number of carboxylic acids is 1. The van der Waals surface area contributed by atoms with Crippen LogP contribution in [0.5, 0.6) is 11.5 Å². The lowest BCUT2D eigenvalue weighted by Gasteiger charge is -2.42. The molecule has 4 fully saturated rings. The number of benzene rings is 3. The van der Waals surface area contributed by atoms with Crippen molar-refractivity contribution in [2.75, 3.05) is 78.5 Å². The van der Waals surface area contributed by atoms with Gasteiger partial charge in [0.05, 0.1) is 47.8 Å². The summed E-state index contributed by atoms with van der Waals surface area (Å²) in [5.41, 5.74) is 3.39. The molecular formula is C74H89N11O19S. The minimum Gasteiger partial charge on any atom is -0.493 e. The first-order chi connectivity index (χ1) is 50.7. The molecule has 3 aromatic carbocycles. The van der Waals surface area contributed by atoms with Crippen LogP contribution in [0.15, 0.2) is 86.2 Å². The van der Waals surface area contributed by atoms with Crippen molar-refractivity contribution in [2.24, 2.45) is 14.1 Å². The Bertz CT molecular complexity index is 4210. The number of ether oxygens (including phenoxy) is 8. The molecule has 30 nitrogen and oxygen atoms in total. The van der Waals surface area contributed by atoms with Gasteiger partial charge in [-0.25, -0.2) is 34.2 Å². The van der Waals surface area contributed by atoms with Gasteiger partial charge in [0.25, 0.3) is 17.7 Å². The lowest BCUT2D eigenvalue weighted by atomic mass is 10.00. The van der Waals surface area contributed by atoms with Gasteiger partial charge in [-0.3, -0.25) is 24.0 Å². The van der Waals surface area contributed by atoms with Crippen LogP contribution >= 0.6 is 11.3 Å². The predicted octanol–water partition coefficient (Wildman–Crippen LogP) is 11.0. The molecule has 6 aliphatic heterocycles. The Labute approximate surface area is 610 Å². The van der Waals surface area contributed by atoms with E-state index in [-0.39, 0.29) is 92.3 Å². The van der Waals surface area contributed by atoms with E-state index < -0.39 is 61.2 Å². The third-order valence-electron chi connectivity index (χ3n) is 18.4. The largest absolute Gasteiger partial charge is 0.493 e. The number of thiophene rings is 1. The SMILES string of the molecule is C=CCOC(=O)N1c2cc(OCCCC(=O)Nc3cn(C)c(C(=O)Nc4ccc5sc(C)cc5c4)n3)c(C)cc2C(=O)N2CCCC[C@H]2C1OC1CCCCO1.C=CCOC(=O)N1c2cc(OCCCC(=O)Nc3cn(C)c(C(=O)O)n3)c(C)cc2C(=O)N2CCCC[C@H]2C1OC1CCCCO1.O=C=O. The van der Waals surface area contributed by atoms with Gasteiger partial charge in [-0.05, 0) is 164 Å². The zero-order valence-corrected chi connectivity index (χ0v) is 60.4. The predicted molar refractivity (Wildman–Crippen MR) is 384 cm³/mol. The average Bonchev–Trinajstić information content (AvgIpc) is 1.63. The quantitative estimate of drug-likeness (QED) is 0.0342. The number of aromatic carboxylic acids is 1. The highest BCUT2D eigenvalue weighted by Crippen LogP contribution is 2.43. The number of hydrogen-bond acceptors (Lipinski definition) is 21. The van der Waals surface area contributed by atoms with Crippen molar-refractivity contribution in [3.8, 4) is 11.5 Å². The standard InChI is InChI=1S/C41H48N6O8S.C32H41N5O9.CO2/c1-5-17-54-41(51)47-31-23-32(25(2)20-29(31)39(50)46-16-8-6-11-30(46)40(47)55-36-13-7-9-18-53-36)52-19-10-12-35(48)43-34-24-45(4)37(44-34)38(49)42-28-14-15-33-27(22-28)21-26(3)56-33;1-4-14-45-32(42)37-23-18-24(43-16-9-11-26(38)33-25-19-35(3)28(34-25)31(40)41)20(2)17-21(23)29(39)36-13-7-5-10-22(36)30(37)46-27-12-6-8-15-44-27;2-1-3/h5,14-15,20-24,30,36,40H,1,6-13,16-19H2,2-4H3,(H,42,49)(H,43,48);4,17-19,22,27,30H,1,5-16H2,2-3H3,(H,33,38)(H,40,41);/t30-,36?,40?;22-,27?,30?;/m00./s1. The highest BCUT2D eigenvalue weighted by Gasteiger charge is 2.49. The van der Waals surface area contributed by atoms with Crippen LogP contribution in [0.25, 0.3) is 10.1 Å². The Morgan fingerprint density at radius 3 is 1.54 bits per heavy atom. The third kappa shape index (κ3) is 19.2. The number of carbonyl (C=O) groups is 8. The van der Waals surface area contributed by atoms with Crippen LogP contribution in [-0.4, -0.2) is 178 Å². The van der Waals surface area contributed by atoms with Crippen molar-refractivity contribution in [1.82, 2.24) is 28.9 Å². The van der Waals surface area contributed by atoms with Gasteiger partial charge in [-0.15, -0.1) is 11.3 Å². The molecule has 6 atom stereocenters. The lowest BCUT2D eigenvalue weighted by molar-refractivity contribution is -0.199. The van der Waals surface area contributed by atoms with E-state index in [2.05, 4.69) is 45.1 Å². The average molecular weight is 1470 g/mol. The number of nitrogens with one attached hydrogen (secondary N) is 3. The molecular weight excluding hydrogens is 1380 g/mol. The summed E-state index contributed by atoms with van der Waals surface area (Å²) < 4.78 is 52.4. The summed E-state index contributed by atoms with van der Waals surface area (Å²) in [6, 6.07) is 13.9. The second-order valence-corrected chi connectivity index (χ2v) is 27.4. The fraction of sp³-hybridized carbons (Fsp3) is 0.473. The van der Waals surface area contributed by atoms with Gasteiger partial charge >= 0.3 is 24.3 Å². The number of aryl methyl sites for hydroxylation is 5. The van der Waals surface area contributed by atoms with Gasteiger partial charge in [0.15, 0.2) is 36.7 Å². The Morgan fingerprint density at radius 2 is 1.10 bits per heavy atom. The number of aromatic nitrogens is 4. The number of hydrogen-bond donors (Lipinski definition) is 4. The van der Waals surface area contributed by atoms with Crippen molar-refractivity contribution < 1.29 is 90.9 Å². The van der Waals surface area contributed by atoms with Crippen LogP contribution in [0.2, 0.25) is 0 Å². The molecule has 0 bridgehead atoms. The number of amides is 7. The summed E-state index contributed by atoms with van der Waals surface area (Å²) in [7, 11) is 3.22. The fourth-order valence-corrected chi connectivity index (χ4v) is 14.5. The summed E-state index contributed by atoms with van der Waals surface area (Å²) in [4.78, 5) is 138. The van der Waals surface area contributed by atoms with Gasteiger partial charge in [0.2, 0.25) is 23.5 Å². The van der Waals surface area contributed by atoms with E-state index >= 15 is 0 Å². The van der Waals surface area contributed by atoms with Crippen molar-refractivity contribution in [3.05, 3.63) is 125 Å². The van der Waals surface area contributed by atoms with Gasteiger partial charge in [-0.1, -0.05) is 25.3 Å². The van der Waals surface area contributed by atoms with Crippen LogP contribution in [0, 0.1) is 20.8 Å². The summed E-state index contributed by atoms with van der Waals surface area (Å²) in [5, 5.41) is 18.5. The number of rotatable bonds is 23. The molecule has 4 saturated heterocycles. The normalized spacial score (nSPS) is 19.7. The Kier molecular flexibility index (Phi) is 26.8. The number of imidazole rings is 2. The molecule has 6 aromatic rings. The number of piperidine rings is 2. The summed E-state index contributed by atoms with van der Waals surface area (Å²) in [6.45, 7) is 15.6. The first kappa shape index (κ1) is 77.3. The number of anilines is 5. The minimum absolute atomic E-state index is 0.0176. The molecule has 12 rings (SSSR count). The molecule has 4 N–H and O–H groups in total. The summed E-state index contributed by atoms with van der Waals surface area (Å²) >= 11 is 1.69. The molecule has 560 valence electrons. The van der Waals surface area contributed by atoms with E-state index in [1.54, 1.807) is 58.3 Å². The molecule has 9 heterocycles. The summed E-state index contributed by atoms with van der Waals surface area (Å²) in [6.07, 6.45) is 12.9. The molecule has 4 unspecified atom stereocenters. The molecule has 0 saturated carbocycles. The topological polar surface area (TPSA) is 349 Å². The van der Waals surface area contributed by atoms with Gasteiger partial charge in [0, 0.05) is 93.0 Å². The van der Waals surface area contributed by atoms with Crippen LogP contribution in [0.4, 0.5) is 38.3 Å². The highest BCUT2D eigenvalue weighted by molar-refractivity contribution is 7.19. The van der Waals surface area contributed by atoms with Crippen molar-refractivity contribution in [1.29, 1.82) is 0 Å². The molecule has 0 radical (unpaired) electrons. The maximum atomic E-state index is 14.2. The third-order valence-corrected chi connectivity index (χ3v) is 19.5. The van der Waals surface area contributed by atoms with Crippen LogP contribution in [0.3, 0.4) is 0 Å². The molecule has 0 aliphatic carbocycles. The first-order valence-corrected chi connectivity index (χ1v) is 36.1. The Balaban J connectivity index is 0.000000221. The summed E-state index contributed by atoms with van der Waals surface area (Å²) in [5.74, 6) is -1.33. The molecule has 31 heteroatoms. The highest BCUT2D eigenvalue weighted by atomic mass is 32.1. The first-order valence-electron chi connectivity index (χ1n) is 35.2. The number of fused-ring (bicyclic) bond motifs is 5. The van der Waals surface area contributed by atoms with Crippen molar-refractivity contribution in [2.45, 2.75) is 161 Å². The van der Waals surface area contributed by atoms with Crippen LogP contribution < -0.4 is 35.2 Å². The minimum atomic E-state index is -1.20. The van der Waals surface area contributed by atoms with Gasteiger partial charge < -0.3 is 77.9 Å². The van der Waals surface area contributed by atoms with Crippen molar-refractivity contribution >= 4 is 104 Å². The second kappa shape index (κ2) is 36.4. The Hall–Kier alpha value is -10.3. The van der Waals surface area contributed by atoms with Gasteiger partial charge in [0.1, 0.15) is 24.7 Å². The molecule has 6 aliphatic rings. The number of carbonyl (C=O) groups excluding carboxylic acids is 9. The van der Waals surface area contributed by atoms with E-state index in [1.165, 1.54) is 44.6 Å². The maximum absolute atomic E-state index is 14.2. The lowest BCUT2D eigenvalue weighted by Crippen LogP contribution is -2.57. The Morgan fingerprint density at radius 1 is 0.629 bits per heavy atom. The number of nitrogens with zero attached hydrogens (tertiary/aromatic N) is 8. The molecule has 105 heavy (non-hydrogen) atoms. The van der Waals surface area contributed by atoms with Crippen molar-refractivity contribution in [3.63, 3.8) is 0 Å². The molecule has 0 spiro atoms. The van der Waals surface area contributed by atoms with E-state index in [4.69, 9.17) is 52.6 Å². The monoisotopic (exact) mass is 1470 g/mol. The second-order valence-electron chi connectivity index (χ2n) is 26.1. The smallest absolute Gasteiger partial charge is 0.416 e. The maximum Gasteiger partial charge on any atom is 0.416 e. The van der Waals surface area contributed by atoms with E-state index in [9.17, 15) is 38.4 Å².